The highest BCUT2D eigenvalue weighted by atomic mass is 79.9. The molecule has 1 unspecified atom stereocenters. The second kappa shape index (κ2) is 2.02. The van der Waals surface area contributed by atoms with E-state index in [1.165, 1.54) is 0 Å². The van der Waals surface area contributed by atoms with Gasteiger partial charge in [-0.15, -0.1) is 0 Å². The molecular weight excluding hydrogens is 188 g/mol. The Morgan fingerprint density at radius 3 is 2.44 bits per heavy atom. The van der Waals surface area contributed by atoms with Crippen molar-refractivity contribution < 1.29 is 14.6 Å². The van der Waals surface area contributed by atoms with E-state index in [1.807, 2.05) is 0 Å². The average molecular weight is 193 g/mol. The molecule has 1 rings (SSSR count). The van der Waals surface area contributed by atoms with Crippen LogP contribution < -0.4 is 0 Å². The number of hydrogen-bond donors (Lipinski definition) is 1. The lowest BCUT2D eigenvalue weighted by molar-refractivity contribution is -0.138. The molecule has 0 saturated heterocycles. The number of aliphatic hydroxyl groups is 1. The van der Waals surface area contributed by atoms with Crippen molar-refractivity contribution >= 4 is 21.9 Å². The summed E-state index contributed by atoms with van der Waals surface area (Å²) in [4.78, 5) is 10.5. The number of esters is 1. The van der Waals surface area contributed by atoms with Gasteiger partial charge in [0, 0.05) is 0 Å². The highest BCUT2D eigenvalue weighted by Gasteiger charge is 2.28. The molecule has 1 atom stereocenters. The second-order valence-electron chi connectivity index (χ2n) is 1.75. The van der Waals surface area contributed by atoms with Crippen LogP contribution in [0.25, 0.3) is 0 Å². The van der Waals surface area contributed by atoms with Crippen LogP contribution in [0.4, 0.5) is 0 Å². The third kappa shape index (κ3) is 0.941. The van der Waals surface area contributed by atoms with Crippen molar-refractivity contribution in [2.24, 2.45) is 0 Å². The van der Waals surface area contributed by atoms with Gasteiger partial charge in [-0.1, -0.05) is 0 Å². The van der Waals surface area contributed by atoms with Crippen molar-refractivity contribution in [3.8, 4) is 0 Å². The van der Waals surface area contributed by atoms with Crippen molar-refractivity contribution in [1.29, 1.82) is 0 Å². The first-order valence-corrected chi connectivity index (χ1v) is 3.22. The number of rotatable bonds is 0. The maximum Gasteiger partial charge on any atom is 0.349 e. The molecule has 0 aromatic rings. The van der Waals surface area contributed by atoms with E-state index in [2.05, 4.69) is 20.7 Å². The molecule has 0 saturated carbocycles. The lowest BCUT2D eigenvalue weighted by Crippen LogP contribution is -2.05. The molecule has 3 nitrogen and oxygen atoms in total. The fourth-order valence-corrected chi connectivity index (χ4v) is 0.967. The molecule has 1 aliphatic heterocycles. The first-order chi connectivity index (χ1) is 4.13. The van der Waals surface area contributed by atoms with Crippen LogP contribution in [0.3, 0.4) is 0 Å². The first kappa shape index (κ1) is 6.61. The van der Waals surface area contributed by atoms with Gasteiger partial charge in [-0.2, -0.15) is 0 Å². The van der Waals surface area contributed by atoms with Gasteiger partial charge in [-0.3, -0.25) is 0 Å². The third-order valence-electron chi connectivity index (χ3n) is 1.07. The van der Waals surface area contributed by atoms with Crippen LogP contribution in [0, 0.1) is 0 Å². The maximum atomic E-state index is 10.5. The molecule has 1 N–H and O–H groups in total. The van der Waals surface area contributed by atoms with E-state index in [9.17, 15) is 4.79 Å². The summed E-state index contributed by atoms with van der Waals surface area (Å²) in [5.74, 6) is -0.528. The van der Waals surface area contributed by atoms with Crippen LogP contribution in [0.1, 0.15) is 6.92 Å². The molecule has 0 aromatic carbocycles. The average Bonchev–Trinajstić information content (AvgIpc) is 1.98. The summed E-state index contributed by atoms with van der Waals surface area (Å²) in [6, 6.07) is 0. The Balaban J connectivity index is 2.92. The van der Waals surface area contributed by atoms with Gasteiger partial charge in [0.2, 0.25) is 0 Å². The molecule has 9 heavy (non-hydrogen) atoms. The summed E-state index contributed by atoms with van der Waals surface area (Å²) in [5, 5.41) is 8.92. The van der Waals surface area contributed by atoms with E-state index >= 15 is 0 Å². The van der Waals surface area contributed by atoms with E-state index in [4.69, 9.17) is 5.11 Å². The zero-order valence-corrected chi connectivity index (χ0v) is 6.31. The molecule has 1 heterocycles. The lowest BCUT2D eigenvalue weighted by atomic mass is 10.3. The summed E-state index contributed by atoms with van der Waals surface area (Å²) in [5.41, 5.74) is 0. The topological polar surface area (TPSA) is 46.5 Å². The highest BCUT2D eigenvalue weighted by Crippen LogP contribution is 2.24. The summed E-state index contributed by atoms with van der Waals surface area (Å²) in [6.45, 7) is 1.60. The van der Waals surface area contributed by atoms with Crippen LogP contribution >= 0.6 is 15.9 Å². The molecule has 0 spiro atoms. The summed E-state index contributed by atoms with van der Waals surface area (Å²) < 4.78 is 4.71. The number of ether oxygens (including phenoxy) is 1. The molecule has 0 bridgehead atoms. The number of halogens is 1. The summed E-state index contributed by atoms with van der Waals surface area (Å²) in [6.07, 6.45) is -0.494. The van der Waals surface area contributed by atoms with Gasteiger partial charge >= 0.3 is 5.97 Å². The number of carbonyl (C=O) groups excluding carboxylic acids is 1. The number of carbonyl (C=O) groups is 1. The minimum atomic E-state index is -0.500. The molecule has 0 aromatic heterocycles. The fraction of sp³-hybridized carbons (Fsp3) is 0.400. The predicted octanol–water partition coefficient (Wildman–Crippen LogP) is 1.10. The highest BCUT2D eigenvalue weighted by molar-refractivity contribution is 9.12. The largest absolute Gasteiger partial charge is 0.507 e. The fourth-order valence-electron chi connectivity index (χ4n) is 0.551. The Hall–Kier alpha value is -0.510. The van der Waals surface area contributed by atoms with Crippen molar-refractivity contribution in [3.05, 3.63) is 10.2 Å². The first-order valence-electron chi connectivity index (χ1n) is 2.42. The van der Waals surface area contributed by atoms with Gasteiger partial charge in [-0.25, -0.2) is 4.79 Å². The van der Waals surface area contributed by atoms with Crippen LogP contribution in [0.2, 0.25) is 0 Å². The standard InChI is InChI=1S/C5H5BrO3/c1-2-4(7)3(6)5(8)9-2/h2,7H,1H3. The number of hydrogen-bond acceptors (Lipinski definition) is 3. The van der Waals surface area contributed by atoms with Gasteiger partial charge in [0.05, 0.1) is 0 Å². The number of aliphatic hydroxyl groups excluding tert-OH is 1. The van der Waals surface area contributed by atoms with E-state index in [-0.39, 0.29) is 10.2 Å². The zero-order valence-electron chi connectivity index (χ0n) is 4.72. The normalized spacial score (nSPS) is 26.9. The van der Waals surface area contributed by atoms with Gasteiger partial charge in [0.25, 0.3) is 0 Å². The molecule has 50 valence electrons. The molecule has 1 aliphatic rings. The van der Waals surface area contributed by atoms with Crippen LogP contribution in [0.15, 0.2) is 10.2 Å². The minimum absolute atomic E-state index is 0.0278. The Labute approximate surface area is 60.4 Å². The predicted molar refractivity (Wildman–Crippen MR) is 34.1 cm³/mol. The van der Waals surface area contributed by atoms with Crippen LogP contribution in [0.5, 0.6) is 0 Å². The summed E-state index contributed by atoms with van der Waals surface area (Å²) in [7, 11) is 0. The van der Waals surface area contributed by atoms with Crippen LogP contribution in [-0.2, 0) is 9.53 Å². The monoisotopic (exact) mass is 192 g/mol. The lowest BCUT2D eigenvalue weighted by Gasteiger charge is -1.99. The van der Waals surface area contributed by atoms with Gasteiger partial charge in [0.1, 0.15) is 4.48 Å². The Bertz CT molecular complexity index is 185. The molecule has 4 heteroatoms. The van der Waals surface area contributed by atoms with Gasteiger partial charge in [0.15, 0.2) is 11.9 Å². The Morgan fingerprint density at radius 1 is 1.78 bits per heavy atom. The van der Waals surface area contributed by atoms with E-state index in [0.29, 0.717) is 0 Å². The van der Waals surface area contributed by atoms with Crippen molar-refractivity contribution in [2.75, 3.05) is 0 Å². The number of cyclic esters (lactones) is 1. The molecule has 0 radical (unpaired) electrons. The van der Waals surface area contributed by atoms with Crippen molar-refractivity contribution in [2.45, 2.75) is 13.0 Å². The van der Waals surface area contributed by atoms with Crippen molar-refractivity contribution in [3.63, 3.8) is 0 Å². The Kier molecular flexibility index (Phi) is 1.48. The molecular formula is C5H5BrO3. The van der Waals surface area contributed by atoms with Gasteiger partial charge in [-0.05, 0) is 22.9 Å². The van der Waals surface area contributed by atoms with Gasteiger partial charge < -0.3 is 9.84 Å². The van der Waals surface area contributed by atoms with Crippen molar-refractivity contribution in [1.82, 2.24) is 0 Å². The zero-order chi connectivity index (χ0) is 7.02. The second-order valence-corrected chi connectivity index (χ2v) is 2.54. The molecule has 0 amide bonds. The van der Waals surface area contributed by atoms with E-state index < -0.39 is 12.1 Å². The minimum Gasteiger partial charge on any atom is -0.507 e. The van der Waals surface area contributed by atoms with Crippen LogP contribution in [-0.4, -0.2) is 17.2 Å². The summed E-state index contributed by atoms with van der Waals surface area (Å²) >= 11 is 2.86. The maximum absolute atomic E-state index is 10.5. The Morgan fingerprint density at radius 2 is 2.33 bits per heavy atom. The quantitative estimate of drug-likeness (QED) is 0.585. The third-order valence-corrected chi connectivity index (χ3v) is 1.80. The molecule has 0 fully saturated rings. The smallest absolute Gasteiger partial charge is 0.349 e. The molecule has 0 aliphatic carbocycles. The van der Waals surface area contributed by atoms with E-state index in [0.717, 1.165) is 0 Å². The van der Waals surface area contributed by atoms with E-state index in [1.54, 1.807) is 6.92 Å². The SMILES string of the molecule is CC1OC(=O)C(Br)=C1O.